The van der Waals surface area contributed by atoms with Crippen molar-refractivity contribution in [2.24, 2.45) is 22.4 Å². The molecule has 6 N–H and O–H groups in total. The molecule has 190 valence electrons. The number of aliphatic imine (C=N–C) groups is 1. The largest absolute Gasteiger partial charge is 0.493 e. The van der Waals surface area contributed by atoms with Crippen molar-refractivity contribution in [3.63, 3.8) is 0 Å². The second-order valence-corrected chi connectivity index (χ2v) is 10.4. The van der Waals surface area contributed by atoms with Gasteiger partial charge in [-0.05, 0) is 67.4 Å². The maximum atomic E-state index is 13.7. The molecule has 0 unspecified atom stereocenters. The number of benzene rings is 1. The number of nitrogens with one attached hydrogen (secondary N) is 1. The van der Waals surface area contributed by atoms with Crippen LogP contribution in [0.15, 0.2) is 34.1 Å². The van der Waals surface area contributed by atoms with Crippen LogP contribution >= 0.6 is 0 Å². The zero-order valence-electron chi connectivity index (χ0n) is 20.8. The Kier molecular flexibility index (Phi) is 7.23. The first-order valence-corrected chi connectivity index (χ1v) is 12.7. The van der Waals surface area contributed by atoms with E-state index in [4.69, 9.17) is 11.5 Å². The third-order valence-corrected chi connectivity index (χ3v) is 7.64. The smallest absolute Gasteiger partial charge is 0.329 e. The molecule has 2 heterocycles. The fraction of sp³-hybridized carbons (Fsp3) is 0.577. The molecule has 0 bridgehead atoms. The van der Waals surface area contributed by atoms with Crippen molar-refractivity contribution in [2.45, 2.75) is 70.3 Å². The summed E-state index contributed by atoms with van der Waals surface area (Å²) in [7, 11) is 0. The highest BCUT2D eigenvalue weighted by atomic mass is 16.3. The Hall–Kier alpha value is -3.23. The molecule has 1 fully saturated rings. The Bertz CT molecular complexity index is 1140. The molecule has 1 amide bonds. The monoisotopic (exact) mass is 482 g/mol. The molecule has 1 aromatic carbocycles. The predicted molar refractivity (Wildman–Crippen MR) is 136 cm³/mol. The van der Waals surface area contributed by atoms with Gasteiger partial charge in [0.05, 0.1) is 5.69 Å². The molecule has 2 aromatic rings. The number of carbonyl (C=O) groups is 1. The molecule has 1 aliphatic carbocycles. The Morgan fingerprint density at radius 2 is 1.91 bits per heavy atom. The molecule has 1 spiro atoms. The number of nitrogens with zero attached hydrogens (tertiary/aromatic N) is 3. The standard InChI is InChI=1S/C26H38N6O3/c1-17(2)16-21(32-22(33)20(30-25(32)35)8-5-13-29-24(27)28)23(34)31-14-11-26(12-15-31)10-9-18-6-3-4-7-19(18)26/h3-4,6-7,17,21,33H,5,8-16H2,1-2H3,(H,30,35)(H4,27,28,29)/t21-/m1/s1. The van der Waals surface area contributed by atoms with Crippen LogP contribution in [0.3, 0.4) is 0 Å². The van der Waals surface area contributed by atoms with E-state index < -0.39 is 11.7 Å². The van der Waals surface area contributed by atoms with E-state index in [0.29, 0.717) is 44.6 Å². The Morgan fingerprint density at radius 3 is 2.60 bits per heavy atom. The number of hydrogen-bond donors (Lipinski definition) is 4. The van der Waals surface area contributed by atoms with Crippen LogP contribution in [-0.4, -0.2) is 51.1 Å². The lowest BCUT2D eigenvalue weighted by Crippen LogP contribution is -2.47. The highest BCUT2D eigenvalue weighted by Crippen LogP contribution is 2.46. The number of piperidine rings is 1. The third kappa shape index (κ3) is 5.09. The summed E-state index contributed by atoms with van der Waals surface area (Å²) in [4.78, 5) is 35.2. The fourth-order valence-corrected chi connectivity index (χ4v) is 5.83. The average Bonchev–Trinajstić information content (AvgIpc) is 3.32. The van der Waals surface area contributed by atoms with Crippen LogP contribution in [0.2, 0.25) is 0 Å². The molecule has 1 saturated heterocycles. The molecule has 0 radical (unpaired) electrons. The minimum Gasteiger partial charge on any atom is -0.493 e. The number of amides is 1. The van der Waals surface area contributed by atoms with Crippen LogP contribution in [-0.2, 0) is 23.1 Å². The van der Waals surface area contributed by atoms with E-state index in [1.54, 1.807) is 0 Å². The average molecular weight is 483 g/mol. The Labute approximate surface area is 206 Å². The van der Waals surface area contributed by atoms with Gasteiger partial charge >= 0.3 is 5.69 Å². The number of hydrogen-bond acceptors (Lipinski definition) is 4. The molecular formula is C26H38N6O3. The van der Waals surface area contributed by atoms with E-state index in [1.807, 2.05) is 18.7 Å². The topological polar surface area (TPSA) is 143 Å². The van der Waals surface area contributed by atoms with Crippen LogP contribution in [0.5, 0.6) is 5.88 Å². The van der Waals surface area contributed by atoms with Crippen LogP contribution in [0.4, 0.5) is 0 Å². The van der Waals surface area contributed by atoms with Gasteiger partial charge in [-0.15, -0.1) is 0 Å². The molecule has 1 aromatic heterocycles. The number of rotatable bonds is 8. The zero-order chi connectivity index (χ0) is 25.2. The summed E-state index contributed by atoms with van der Waals surface area (Å²) in [5.41, 5.74) is 13.7. The van der Waals surface area contributed by atoms with E-state index in [9.17, 15) is 14.7 Å². The highest BCUT2D eigenvalue weighted by molar-refractivity contribution is 5.81. The van der Waals surface area contributed by atoms with Gasteiger partial charge in [0.15, 0.2) is 5.96 Å². The first-order chi connectivity index (χ1) is 16.7. The number of guanidine groups is 1. The van der Waals surface area contributed by atoms with E-state index in [-0.39, 0.29) is 29.1 Å². The number of imidazole rings is 1. The number of fused-ring (bicyclic) bond motifs is 2. The summed E-state index contributed by atoms with van der Waals surface area (Å²) >= 11 is 0. The lowest BCUT2D eigenvalue weighted by atomic mass is 9.73. The molecule has 0 saturated carbocycles. The van der Waals surface area contributed by atoms with Crippen LogP contribution < -0.4 is 17.2 Å². The summed E-state index contributed by atoms with van der Waals surface area (Å²) in [6.45, 7) is 5.75. The van der Waals surface area contributed by atoms with Gasteiger partial charge in [-0.2, -0.15) is 0 Å². The zero-order valence-corrected chi connectivity index (χ0v) is 20.8. The number of H-pyrrole nitrogens is 1. The minimum absolute atomic E-state index is 0.00674. The first kappa shape index (κ1) is 24.9. The number of aryl methyl sites for hydroxylation is 2. The summed E-state index contributed by atoms with van der Waals surface area (Å²) in [6, 6.07) is 7.93. The lowest BCUT2D eigenvalue weighted by molar-refractivity contribution is -0.137. The van der Waals surface area contributed by atoms with Gasteiger partial charge in [0.2, 0.25) is 11.8 Å². The molecular weight excluding hydrogens is 444 g/mol. The number of carbonyl (C=O) groups excluding carboxylic acids is 1. The van der Waals surface area contributed by atoms with Gasteiger partial charge in [-0.25, -0.2) is 4.79 Å². The van der Waals surface area contributed by atoms with Gasteiger partial charge in [0.1, 0.15) is 6.04 Å². The number of aromatic amines is 1. The van der Waals surface area contributed by atoms with E-state index in [1.165, 1.54) is 15.7 Å². The van der Waals surface area contributed by atoms with Gasteiger partial charge in [0, 0.05) is 19.6 Å². The van der Waals surface area contributed by atoms with Crippen molar-refractivity contribution in [1.29, 1.82) is 0 Å². The molecule has 35 heavy (non-hydrogen) atoms. The minimum atomic E-state index is -0.741. The predicted octanol–water partition coefficient (Wildman–Crippen LogP) is 2.18. The third-order valence-electron chi connectivity index (χ3n) is 7.64. The first-order valence-electron chi connectivity index (χ1n) is 12.7. The summed E-state index contributed by atoms with van der Waals surface area (Å²) in [6.07, 6.45) is 5.51. The van der Waals surface area contributed by atoms with Crippen molar-refractivity contribution < 1.29 is 9.90 Å². The summed E-state index contributed by atoms with van der Waals surface area (Å²) in [5.74, 6) is -0.0826. The molecule has 2 aliphatic rings. The normalized spacial score (nSPS) is 17.5. The highest BCUT2D eigenvalue weighted by Gasteiger charge is 2.43. The maximum Gasteiger partial charge on any atom is 0.329 e. The fourth-order valence-electron chi connectivity index (χ4n) is 5.83. The van der Waals surface area contributed by atoms with Crippen molar-refractivity contribution in [3.8, 4) is 5.88 Å². The van der Waals surface area contributed by atoms with Crippen molar-refractivity contribution in [3.05, 3.63) is 51.6 Å². The second kappa shape index (κ2) is 10.2. The van der Waals surface area contributed by atoms with Gasteiger partial charge < -0.3 is 26.5 Å². The number of nitrogens with two attached hydrogens (primary N) is 2. The number of aromatic nitrogens is 2. The van der Waals surface area contributed by atoms with Crippen molar-refractivity contribution in [1.82, 2.24) is 14.5 Å². The van der Waals surface area contributed by atoms with Crippen molar-refractivity contribution >= 4 is 11.9 Å². The molecule has 1 aliphatic heterocycles. The van der Waals surface area contributed by atoms with Crippen LogP contribution in [0.25, 0.3) is 0 Å². The van der Waals surface area contributed by atoms with Crippen molar-refractivity contribution in [2.75, 3.05) is 19.6 Å². The SMILES string of the molecule is CC(C)C[C@H](C(=O)N1CCC2(CCc3ccccc32)CC1)n1c(O)c(CCCN=C(N)N)[nH]c1=O. The molecule has 9 heteroatoms. The summed E-state index contributed by atoms with van der Waals surface area (Å²) in [5, 5.41) is 10.9. The van der Waals surface area contributed by atoms with E-state index >= 15 is 0 Å². The maximum absolute atomic E-state index is 13.7. The lowest BCUT2D eigenvalue weighted by Gasteiger charge is -2.41. The molecule has 9 nitrogen and oxygen atoms in total. The van der Waals surface area contributed by atoms with Crippen LogP contribution in [0, 0.1) is 5.92 Å². The van der Waals surface area contributed by atoms with E-state index in [0.717, 1.165) is 25.7 Å². The second-order valence-electron chi connectivity index (χ2n) is 10.4. The molecule has 4 rings (SSSR count). The molecule has 1 atom stereocenters. The number of likely N-dealkylation sites (tertiary alicyclic amines) is 1. The van der Waals surface area contributed by atoms with Gasteiger partial charge in [-0.3, -0.25) is 14.4 Å². The Morgan fingerprint density at radius 1 is 1.20 bits per heavy atom. The van der Waals surface area contributed by atoms with Crippen LogP contribution in [0.1, 0.15) is 68.8 Å². The summed E-state index contributed by atoms with van der Waals surface area (Å²) < 4.78 is 1.24. The van der Waals surface area contributed by atoms with Gasteiger partial charge in [0.25, 0.3) is 0 Å². The quantitative estimate of drug-likeness (QED) is 0.259. The Balaban J connectivity index is 1.50. The van der Waals surface area contributed by atoms with Gasteiger partial charge in [-0.1, -0.05) is 38.1 Å². The number of aromatic hydroxyl groups is 1. The van der Waals surface area contributed by atoms with E-state index in [2.05, 4.69) is 34.2 Å².